The van der Waals surface area contributed by atoms with Gasteiger partial charge in [0.05, 0.1) is 12.6 Å². The number of carbonyl (C=O) groups is 3. The summed E-state index contributed by atoms with van der Waals surface area (Å²) in [7, 11) is 0. The minimum atomic E-state index is -1.25. The van der Waals surface area contributed by atoms with E-state index in [4.69, 9.17) is 5.73 Å². The number of aromatic amines is 1. The molecule has 5 atom stereocenters. The zero-order chi connectivity index (χ0) is 24.5. The normalized spacial score (nSPS) is 15.7. The Morgan fingerprint density at radius 1 is 1.12 bits per heavy atom. The Hall–Kier alpha value is -3.24. The molecule has 2 rings (SSSR count). The van der Waals surface area contributed by atoms with Gasteiger partial charge in [-0.3, -0.25) is 19.2 Å². The van der Waals surface area contributed by atoms with E-state index in [2.05, 4.69) is 20.9 Å². The topological polar surface area (TPSA) is 166 Å². The molecule has 1 heterocycles. The van der Waals surface area contributed by atoms with Gasteiger partial charge < -0.3 is 31.8 Å². The van der Waals surface area contributed by atoms with Crippen molar-refractivity contribution in [3.05, 3.63) is 36.0 Å². The first-order valence-electron chi connectivity index (χ1n) is 10.9. The van der Waals surface area contributed by atoms with Crippen LogP contribution in [0.1, 0.15) is 32.8 Å². The maximum atomic E-state index is 13.1. The van der Waals surface area contributed by atoms with Crippen molar-refractivity contribution in [2.24, 2.45) is 11.7 Å². The zero-order valence-electron chi connectivity index (χ0n) is 19.1. The minimum absolute atomic E-state index is 0.116. The second-order valence-electron chi connectivity index (χ2n) is 8.10. The summed E-state index contributed by atoms with van der Waals surface area (Å²) in [5.74, 6) is -1.91. The molecule has 3 amide bonds. The van der Waals surface area contributed by atoms with Crippen LogP contribution in [0.25, 0.3) is 10.9 Å². The number of carbonyl (C=O) groups excluding carboxylic acids is 4. The number of fused-ring (bicyclic) bond motifs is 1. The fourth-order valence-electron chi connectivity index (χ4n) is 3.43. The van der Waals surface area contributed by atoms with Gasteiger partial charge >= 0.3 is 0 Å². The molecular weight excluding hydrogens is 426 g/mol. The lowest BCUT2D eigenvalue weighted by atomic mass is 9.97. The van der Waals surface area contributed by atoms with Gasteiger partial charge in [-0.15, -0.1) is 0 Å². The van der Waals surface area contributed by atoms with Crippen molar-refractivity contribution in [3.8, 4) is 0 Å². The van der Waals surface area contributed by atoms with Crippen LogP contribution in [0, 0.1) is 5.92 Å². The predicted molar refractivity (Wildman–Crippen MR) is 124 cm³/mol. The number of nitrogens with one attached hydrogen (secondary N) is 4. The number of amides is 3. The molecule has 10 nitrogen and oxygen atoms in total. The molecule has 0 unspecified atom stereocenters. The van der Waals surface area contributed by atoms with Gasteiger partial charge in [-0.25, -0.2) is 0 Å². The lowest BCUT2D eigenvalue weighted by Gasteiger charge is -2.27. The molecule has 0 aliphatic rings. The van der Waals surface area contributed by atoms with Crippen LogP contribution in [0.15, 0.2) is 30.5 Å². The molecule has 0 saturated heterocycles. The summed E-state index contributed by atoms with van der Waals surface area (Å²) in [5.41, 5.74) is 7.03. The van der Waals surface area contributed by atoms with Gasteiger partial charge in [0.25, 0.3) is 0 Å². The fraction of sp³-hybridized carbons (Fsp3) is 0.478. The number of H-pyrrole nitrogens is 1. The SMILES string of the molecule is CC[C@@H](C)[C@@H](NC(=O)CN)C(=O)N[C@H](Cc1c[nH]c2ccccc12)C(=O)N[C@@H]([C]=O)[C@H](C)O. The number of hydrogen-bond donors (Lipinski definition) is 6. The third-order valence-corrected chi connectivity index (χ3v) is 5.64. The van der Waals surface area contributed by atoms with Crippen molar-refractivity contribution in [1.29, 1.82) is 0 Å². The monoisotopic (exact) mass is 458 g/mol. The van der Waals surface area contributed by atoms with Crippen molar-refractivity contribution < 1.29 is 24.3 Å². The summed E-state index contributed by atoms with van der Waals surface area (Å²) >= 11 is 0. The van der Waals surface area contributed by atoms with Crippen molar-refractivity contribution in [2.75, 3.05) is 6.54 Å². The molecule has 2 aromatic rings. The molecule has 7 N–H and O–H groups in total. The van der Waals surface area contributed by atoms with Crippen LogP contribution in [0.3, 0.4) is 0 Å². The van der Waals surface area contributed by atoms with Crippen molar-refractivity contribution in [3.63, 3.8) is 0 Å². The molecule has 0 aliphatic carbocycles. The molecular formula is C23H32N5O5. The van der Waals surface area contributed by atoms with Crippen LogP contribution >= 0.6 is 0 Å². The van der Waals surface area contributed by atoms with E-state index in [1.54, 1.807) is 19.4 Å². The molecule has 179 valence electrons. The molecule has 0 spiro atoms. The van der Waals surface area contributed by atoms with Crippen LogP contribution in [-0.2, 0) is 25.6 Å². The van der Waals surface area contributed by atoms with E-state index in [1.165, 1.54) is 6.92 Å². The summed E-state index contributed by atoms with van der Waals surface area (Å²) in [4.78, 5) is 52.3. The second-order valence-corrected chi connectivity index (χ2v) is 8.10. The summed E-state index contributed by atoms with van der Waals surface area (Å²) < 4.78 is 0. The molecule has 0 saturated carbocycles. The first kappa shape index (κ1) is 26.0. The lowest BCUT2D eigenvalue weighted by Crippen LogP contribution is -2.58. The molecule has 10 heteroatoms. The number of para-hydroxylation sites is 1. The molecule has 1 aromatic carbocycles. The summed E-state index contributed by atoms with van der Waals surface area (Å²) in [6, 6.07) is 4.29. The summed E-state index contributed by atoms with van der Waals surface area (Å²) in [5, 5.41) is 18.3. The van der Waals surface area contributed by atoms with Gasteiger partial charge in [-0.2, -0.15) is 0 Å². The van der Waals surface area contributed by atoms with Crippen molar-refractivity contribution in [1.82, 2.24) is 20.9 Å². The van der Waals surface area contributed by atoms with Crippen LogP contribution in [0.2, 0.25) is 0 Å². The van der Waals surface area contributed by atoms with Gasteiger partial charge in [0.1, 0.15) is 18.1 Å². The van der Waals surface area contributed by atoms with Crippen LogP contribution < -0.4 is 21.7 Å². The Morgan fingerprint density at radius 3 is 2.42 bits per heavy atom. The number of benzene rings is 1. The quantitative estimate of drug-likeness (QED) is 0.254. The van der Waals surface area contributed by atoms with E-state index in [9.17, 15) is 24.3 Å². The highest BCUT2D eigenvalue weighted by Crippen LogP contribution is 2.19. The van der Waals surface area contributed by atoms with Crippen LogP contribution in [0.5, 0.6) is 0 Å². The van der Waals surface area contributed by atoms with E-state index >= 15 is 0 Å². The molecule has 1 radical (unpaired) electrons. The molecule has 0 fully saturated rings. The van der Waals surface area contributed by atoms with Crippen LogP contribution in [-0.4, -0.2) is 64.9 Å². The Morgan fingerprint density at radius 2 is 1.82 bits per heavy atom. The maximum absolute atomic E-state index is 13.1. The van der Waals surface area contributed by atoms with Crippen molar-refractivity contribution in [2.45, 2.75) is 57.8 Å². The van der Waals surface area contributed by atoms with Gasteiger partial charge in [-0.1, -0.05) is 38.5 Å². The van der Waals surface area contributed by atoms with E-state index < -0.39 is 42.0 Å². The maximum Gasteiger partial charge on any atom is 0.243 e. The summed E-state index contributed by atoms with van der Waals surface area (Å²) in [6.07, 6.45) is 2.90. The van der Waals surface area contributed by atoms with Gasteiger partial charge in [0, 0.05) is 23.5 Å². The fourth-order valence-corrected chi connectivity index (χ4v) is 3.43. The minimum Gasteiger partial charge on any atom is -0.391 e. The first-order chi connectivity index (χ1) is 15.7. The van der Waals surface area contributed by atoms with Crippen molar-refractivity contribution >= 4 is 34.9 Å². The standard InChI is InChI=1S/C23H32N5O5/c1-4-13(2)21(28-20(31)10-24)23(33)26-18(22(32)27-19(12-29)14(3)30)9-15-11-25-17-8-6-5-7-16(15)17/h5-8,11,13-14,18-19,21,25,30H,4,9-10,24H2,1-3H3,(H,26,33)(H,27,32)(H,28,31)/t13-,14+,18-,19+,21-/m1/s1. The zero-order valence-corrected chi connectivity index (χ0v) is 19.1. The highest BCUT2D eigenvalue weighted by molar-refractivity contribution is 5.94. The second kappa shape index (κ2) is 12.1. The van der Waals surface area contributed by atoms with E-state index in [0.717, 1.165) is 16.5 Å². The van der Waals surface area contributed by atoms with Crippen LogP contribution in [0.4, 0.5) is 0 Å². The van der Waals surface area contributed by atoms with E-state index in [1.807, 2.05) is 31.2 Å². The van der Waals surface area contributed by atoms with Gasteiger partial charge in [-0.05, 0) is 24.5 Å². The Labute approximate surface area is 192 Å². The summed E-state index contributed by atoms with van der Waals surface area (Å²) in [6.45, 7) is 4.76. The van der Waals surface area contributed by atoms with Gasteiger partial charge in [0.2, 0.25) is 24.0 Å². The Kier molecular flexibility index (Phi) is 9.56. The number of aliphatic hydroxyl groups excluding tert-OH is 1. The number of nitrogens with two attached hydrogens (primary N) is 1. The third kappa shape index (κ3) is 6.87. The average Bonchev–Trinajstić information content (AvgIpc) is 3.22. The number of aromatic nitrogens is 1. The molecule has 0 bridgehead atoms. The Balaban J connectivity index is 2.32. The van der Waals surface area contributed by atoms with E-state index in [-0.39, 0.29) is 18.9 Å². The molecule has 1 aromatic heterocycles. The Bertz CT molecular complexity index is 973. The molecule has 33 heavy (non-hydrogen) atoms. The van der Waals surface area contributed by atoms with Gasteiger partial charge in [0.15, 0.2) is 0 Å². The lowest BCUT2D eigenvalue weighted by molar-refractivity contribution is -0.133. The van der Waals surface area contributed by atoms with E-state index in [0.29, 0.717) is 6.42 Å². The number of aliphatic hydroxyl groups is 1. The number of hydrogen-bond acceptors (Lipinski definition) is 6. The predicted octanol–water partition coefficient (Wildman–Crippen LogP) is -0.340. The molecule has 0 aliphatic heterocycles. The smallest absolute Gasteiger partial charge is 0.243 e. The first-order valence-corrected chi connectivity index (χ1v) is 10.9. The average molecular weight is 459 g/mol. The third-order valence-electron chi connectivity index (χ3n) is 5.64. The number of rotatable bonds is 12. The highest BCUT2D eigenvalue weighted by atomic mass is 16.3. The highest BCUT2D eigenvalue weighted by Gasteiger charge is 2.31. The largest absolute Gasteiger partial charge is 0.391 e.